The second kappa shape index (κ2) is 9.60. The van der Waals surface area contributed by atoms with Gasteiger partial charge in [-0.05, 0) is 44.2 Å². The van der Waals surface area contributed by atoms with Crippen molar-refractivity contribution in [3.8, 4) is 0 Å². The van der Waals surface area contributed by atoms with Crippen LogP contribution in [0.1, 0.15) is 86.1 Å². The highest BCUT2D eigenvalue weighted by Crippen LogP contribution is 2.30. The maximum atomic E-state index is 2.37. The minimum atomic E-state index is 0.896. The van der Waals surface area contributed by atoms with Crippen molar-refractivity contribution in [3.63, 3.8) is 0 Å². The van der Waals surface area contributed by atoms with Crippen LogP contribution in [0, 0.1) is 26.7 Å². The van der Waals surface area contributed by atoms with Crippen LogP contribution in [0.15, 0.2) is 0 Å². The van der Waals surface area contributed by atoms with Gasteiger partial charge in [0, 0.05) is 9.75 Å². The standard InChI is InChI=1S/C19H34S/c1-6-8-9-10-11-12-13-18(7-2)14-19-15(3)16(4)20-17(19)5/h18H,6-14H2,1-5H3. The molecule has 0 bridgehead atoms. The Labute approximate surface area is 131 Å². The molecule has 0 nitrogen and oxygen atoms in total. The summed E-state index contributed by atoms with van der Waals surface area (Å²) in [5.41, 5.74) is 3.22. The van der Waals surface area contributed by atoms with Crippen molar-refractivity contribution in [3.05, 3.63) is 20.9 Å². The first-order valence-corrected chi connectivity index (χ1v) is 9.47. The van der Waals surface area contributed by atoms with Gasteiger partial charge in [-0.2, -0.15) is 0 Å². The molecule has 1 atom stereocenters. The summed E-state index contributed by atoms with van der Waals surface area (Å²) in [5.74, 6) is 0.896. The second-order valence-electron chi connectivity index (χ2n) is 6.35. The third-order valence-electron chi connectivity index (χ3n) is 4.75. The van der Waals surface area contributed by atoms with Crippen molar-refractivity contribution in [2.24, 2.45) is 5.92 Å². The number of rotatable bonds is 10. The SMILES string of the molecule is CCCCCCCCC(CC)Cc1c(C)sc(C)c1C. The lowest BCUT2D eigenvalue weighted by atomic mass is 9.90. The van der Waals surface area contributed by atoms with Gasteiger partial charge in [0.2, 0.25) is 0 Å². The molecule has 0 aliphatic rings. The van der Waals surface area contributed by atoms with E-state index in [2.05, 4.69) is 34.6 Å². The van der Waals surface area contributed by atoms with E-state index in [1.807, 2.05) is 11.3 Å². The van der Waals surface area contributed by atoms with Crippen molar-refractivity contribution in [2.45, 2.75) is 92.4 Å². The summed E-state index contributed by atoms with van der Waals surface area (Å²) >= 11 is 1.99. The second-order valence-corrected chi connectivity index (χ2v) is 7.78. The fourth-order valence-electron chi connectivity index (χ4n) is 3.09. The Balaban J connectivity index is 2.35. The molecule has 1 aromatic heterocycles. The summed E-state index contributed by atoms with van der Waals surface area (Å²) in [4.78, 5) is 3.08. The molecule has 0 aliphatic carbocycles. The third kappa shape index (κ3) is 5.60. The fraction of sp³-hybridized carbons (Fsp3) is 0.789. The number of hydrogen-bond donors (Lipinski definition) is 0. The fourth-order valence-corrected chi connectivity index (χ4v) is 4.19. The Morgan fingerprint density at radius 3 is 2.05 bits per heavy atom. The third-order valence-corrected chi connectivity index (χ3v) is 5.91. The number of hydrogen-bond acceptors (Lipinski definition) is 1. The van der Waals surface area contributed by atoms with Gasteiger partial charge in [0.25, 0.3) is 0 Å². The van der Waals surface area contributed by atoms with E-state index in [9.17, 15) is 0 Å². The van der Waals surface area contributed by atoms with Crippen molar-refractivity contribution in [1.29, 1.82) is 0 Å². The van der Waals surface area contributed by atoms with Crippen LogP contribution in [0.3, 0.4) is 0 Å². The predicted molar refractivity (Wildman–Crippen MR) is 94.0 cm³/mol. The molecule has 1 unspecified atom stereocenters. The van der Waals surface area contributed by atoms with E-state index < -0.39 is 0 Å². The molecule has 1 rings (SSSR count). The predicted octanol–water partition coefficient (Wildman–Crippen LogP) is 6.99. The van der Waals surface area contributed by atoms with Crippen LogP contribution >= 0.6 is 11.3 Å². The Morgan fingerprint density at radius 2 is 1.50 bits per heavy atom. The van der Waals surface area contributed by atoms with Crippen molar-refractivity contribution < 1.29 is 0 Å². The van der Waals surface area contributed by atoms with E-state index in [0.717, 1.165) is 5.92 Å². The summed E-state index contributed by atoms with van der Waals surface area (Å²) in [6.07, 6.45) is 12.6. The van der Waals surface area contributed by atoms with Gasteiger partial charge in [0.1, 0.15) is 0 Å². The van der Waals surface area contributed by atoms with E-state index in [1.54, 1.807) is 16.0 Å². The zero-order valence-corrected chi connectivity index (χ0v) is 15.2. The maximum absolute atomic E-state index is 2.37. The van der Waals surface area contributed by atoms with Crippen LogP contribution in [0.5, 0.6) is 0 Å². The highest BCUT2D eigenvalue weighted by molar-refractivity contribution is 7.12. The first-order valence-electron chi connectivity index (χ1n) is 8.65. The molecule has 0 amide bonds. The quantitative estimate of drug-likeness (QED) is 0.408. The zero-order valence-electron chi connectivity index (χ0n) is 14.3. The Hall–Kier alpha value is -0.300. The van der Waals surface area contributed by atoms with Crippen molar-refractivity contribution in [2.75, 3.05) is 0 Å². The van der Waals surface area contributed by atoms with E-state index >= 15 is 0 Å². The van der Waals surface area contributed by atoms with Gasteiger partial charge in [-0.15, -0.1) is 11.3 Å². The largest absolute Gasteiger partial charge is 0.145 e. The lowest BCUT2D eigenvalue weighted by Gasteiger charge is -2.15. The molecular weight excluding hydrogens is 260 g/mol. The summed E-state index contributed by atoms with van der Waals surface area (Å²) in [6, 6.07) is 0. The molecule has 0 spiro atoms. The molecule has 0 fully saturated rings. The van der Waals surface area contributed by atoms with Gasteiger partial charge in [0.15, 0.2) is 0 Å². The van der Waals surface area contributed by atoms with E-state index in [1.165, 1.54) is 62.7 Å². The first-order chi connectivity index (χ1) is 9.60. The Bertz CT molecular complexity index is 375. The van der Waals surface area contributed by atoms with Gasteiger partial charge in [-0.3, -0.25) is 0 Å². The average Bonchev–Trinajstić information content (AvgIpc) is 2.67. The lowest BCUT2D eigenvalue weighted by molar-refractivity contribution is 0.435. The van der Waals surface area contributed by atoms with Crippen LogP contribution < -0.4 is 0 Å². The highest BCUT2D eigenvalue weighted by atomic mass is 32.1. The number of aryl methyl sites for hydroxylation is 2. The zero-order chi connectivity index (χ0) is 15.0. The normalized spacial score (nSPS) is 12.8. The van der Waals surface area contributed by atoms with Crippen LogP contribution in [0.2, 0.25) is 0 Å². The monoisotopic (exact) mass is 294 g/mol. The Kier molecular flexibility index (Phi) is 8.52. The van der Waals surface area contributed by atoms with Gasteiger partial charge in [0.05, 0.1) is 0 Å². The molecule has 1 heterocycles. The molecule has 0 saturated heterocycles. The molecule has 20 heavy (non-hydrogen) atoms. The van der Waals surface area contributed by atoms with Crippen LogP contribution in [0.25, 0.3) is 0 Å². The molecule has 0 saturated carbocycles. The van der Waals surface area contributed by atoms with Gasteiger partial charge in [-0.25, -0.2) is 0 Å². The van der Waals surface area contributed by atoms with Gasteiger partial charge >= 0.3 is 0 Å². The first kappa shape index (κ1) is 17.8. The van der Waals surface area contributed by atoms with E-state index in [0.29, 0.717) is 0 Å². The summed E-state index contributed by atoms with van der Waals surface area (Å²) in [5, 5.41) is 0. The Morgan fingerprint density at radius 1 is 0.850 bits per heavy atom. The summed E-state index contributed by atoms with van der Waals surface area (Å²) in [7, 11) is 0. The highest BCUT2D eigenvalue weighted by Gasteiger charge is 2.14. The summed E-state index contributed by atoms with van der Waals surface area (Å²) < 4.78 is 0. The van der Waals surface area contributed by atoms with Crippen LogP contribution in [-0.4, -0.2) is 0 Å². The van der Waals surface area contributed by atoms with E-state index in [-0.39, 0.29) is 0 Å². The van der Waals surface area contributed by atoms with E-state index in [4.69, 9.17) is 0 Å². The van der Waals surface area contributed by atoms with Crippen LogP contribution in [0.4, 0.5) is 0 Å². The topological polar surface area (TPSA) is 0 Å². The minimum absolute atomic E-state index is 0.896. The molecule has 0 radical (unpaired) electrons. The lowest BCUT2D eigenvalue weighted by Crippen LogP contribution is -2.05. The molecule has 116 valence electrons. The smallest absolute Gasteiger partial charge is 0.00518 e. The number of unbranched alkanes of at least 4 members (excludes halogenated alkanes) is 5. The molecule has 1 aromatic rings. The summed E-state index contributed by atoms with van der Waals surface area (Å²) in [6.45, 7) is 11.5. The molecule has 0 aromatic carbocycles. The van der Waals surface area contributed by atoms with Gasteiger partial charge in [-0.1, -0.05) is 65.2 Å². The minimum Gasteiger partial charge on any atom is -0.145 e. The molecule has 1 heteroatoms. The average molecular weight is 295 g/mol. The molecular formula is C19H34S. The molecule has 0 aliphatic heterocycles. The van der Waals surface area contributed by atoms with Crippen molar-refractivity contribution >= 4 is 11.3 Å². The number of thiophene rings is 1. The van der Waals surface area contributed by atoms with Gasteiger partial charge < -0.3 is 0 Å². The van der Waals surface area contributed by atoms with Crippen LogP contribution in [-0.2, 0) is 6.42 Å². The maximum Gasteiger partial charge on any atom is 0.00518 e. The molecule has 0 N–H and O–H groups in total. The van der Waals surface area contributed by atoms with Crippen molar-refractivity contribution in [1.82, 2.24) is 0 Å².